The van der Waals surface area contributed by atoms with Gasteiger partial charge in [-0.3, -0.25) is 4.90 Å². The van der Waals surface area contributed by atoms with E-state index in [4.69, 9.17) is 5.11 Å². The van der Waals surface area contributed by atoms with Crippen LogP contribution in [0.1, 0.15) is 47.2 Å². The molecule has 22 heavy (non-hydrogen) atoms. The molecule has 0 radical (unpaired) electrons. The van der Waals surface area contributed by atoms with Crippen molar-refractivity contribution in [2.24, 2.45) is 5.41 Å². The number of hydrogen-bond acceptors (Lipinski definition) is 3. The number of likely N-dealkylation sites (tertiary alicyclic amines) is 1. The molecule has 2 N–H and O–H groups in total. The van der Waals surface area contributed by atoms with Crippen molar-refractivity contribution < 1.29 is 9.90 Å². The van der Waals surface area contributed by atoms with Crippen LogP contribution in [0, 0.1) is 12.3 Å². The van der Waals surface area contributed by atoms with E-state index >= 15 is 0 Å². The standard InChI is InChI=1S/C18H24N2O2/c1-12-6-13(17(21)22)2-3-14(12)9-20-10-18(11-20)7-16(8-18)19-15-4-5-15/h2-3,6,15-16,19H,4-5,7-11H2,1H3,(H,21,22). The van der Waals surface area contributed by atoms with Gasteiger partial charge in [0.1, 0.15) is 0 Å². The summed E-state index contributed by atoms with van der Waals surface area (Å²) in [6, 6.07) is 7.08. The summed E-state index contributed by atoms with van der Waals surface area (Å²) < 4.78 is 0. The molecule has 1 spiro atoms. The molecule has 1 heterocycles. The third-order valence-electron chi connectivity index (χ3n) is 5.51. The molecule has 1 aromatic rings. The monoisotopic (exact) mass is 300 g/mol. The minimum atomic E-state index is -0.846. The molecule has 0 unspecified atom stereocenters. The first-order chi connectivity index (χ1) is 10.5. The zero-order valence-electron chi connectivity index (χ0n) is 13.1. The van der Waals surface area contributed by atoms with Crippen molar-refractivity contribution >= 4 is 5.97 Å². The summed E-state index contributed by atoms with van der Waals surface area (Å²) in [5, 5.41) is 12.8. The van der Waals surface area contributed by atoms with Crippen LogP contribution in [0.25, 0.3) is 0 Å². The lowest BCUT2D eigenvalue weighted by atomic mass is 9.60. The van der Waals surface area contributed by atoms with Gasteiger partial charge < -0.3 is 10.4 Å². The van der Waals surface area contributed by atoms with E-state index in [-0.39, 0.29) is 0 Å². The summed E-state index contributed by atoms with van der Waals surface area (Å²) >= 11 is 0. The van der Waals surface area contributed by atoms with Crippen LogP contribution in [0.15, 0.2) is 18.2 Å². The summed E-state index contributed by atoms with van der Waals surface area (Å²) in [6.07, 6.45) is 5.44. The summed E-state index contributed by atoms with van der Waals surface area (Å²) in [6.45, 7) is 5.37. The zero-order chi connectivity index (χ0) is 15.3. The van der Waals surface area contributed by atoms with E-state index in [1.54, 1.807) is 12.1 Å². The van der Waals surface area contributed by atoms with E-state index in [1.165, 1.54) is 44.3 Å². The average molecular weight is 300 g/mol. The molecular formula is C18H24N2O2. The number of aromatic carboxylic acids is 1. The molecule has 0 aromatic heterocycles. The lowest BCUT2D eigenvalue weighted by Crippen LogP contribution is -2.65. The molecule has 1 saturated heterocycles. The number of nitrogens with zero attached hydrogens (tertiary/aromatic N) is 1. The Hall–Kier alpha value is -1.39. The first-order valence-electron chi connectivity index (χ1n) is 8.34. The van der Waals surface area contributed by atoms with Gasteiger partial charge in [0.15, 0.2) is 0 Å². The van der Waals surface area contributed by atoms with Crippen LogP contribution in [0.2, 0.25) is 0 Å². The van der Waals surface area contributed by atoms with Crippen molar-refractivity contribution in [2.75, 3.05) is 13.1 Å². The average Bonchev–Trinajstić information content (AvgIpc) is 3.19. The molecule has 118 valence electrons. The Balaban J connectivity index is 1.28. The quantitative estimate of drug-likeness (QED) is 0.877. The van der Waals surface area contributed by atoms with Gasteiger partial charge in [-0.1, -0.05) is 6.07 Å². The summed E-state index contributed by atoms with van der Waals surface area (Å²) in [4.78, 5) is 13.5. The molecule has 3 fully saturated rings. The highest BCUT2D eigenvalue weighted by Gasteiger charge is 2.52. The van der Waals surface area contributed by atoms with Gasteiger partial charge >= 0.3 is 5.97 Å². The number of carboxylic acids is 1. The first kappa shape index (κ1) is 14.2. The highest BCUT2D eigenvalue weighted by atomic mass is 16.4. The Bertz CT molecular complexity index is 595. The predicted molar refractivity (Wildman–Crippen MR) is 85.0 cm³/mol. The van der Waals surface area contributed by atoms with Crippen LogP contribution >= 0.6 is 0 Å². The SMILES string of the molecule is Cc1cc(C(=O)O)ccc1CN1CC2(CC(NC3CC3)C2)C1. The minimum Gasteiger partial charge on any atom is -0.478 e. The van der Waals surface area contributed by atoms with Crippen LogP contribution in [0.4, 0.5) is 0 Å². The number of aryl methyl sites for hydroxylation is 1. The smallest absolute Gasteiger partial charge is 0.335 e. The Kier molecular flexibility index (Phi) is 3.27. The topological polar surface area (TPSA) is 52.6 Å². The van der Waals surface area contributed by atoms with Crippen LogP contribution in [0.5, 0.6) is 0 Å². The van der Waals surface area contributed by atoms with Crippen molar-refractivity contribution in [3.63, 3.8) is 0 Å². The number of carbonyl (C=O) groups is 1. The Morgan fingerprint density at radius 1 is 1.32 bits per heavy atom. The second kappa shape index (κ2) is 5.07. The largest absolute Gasteiger partial charge is 0.478 e. The normalized spacial score (nSPS) is 24.0. The van der Waals surface area contributed by atoms with Crippen LogP contribution in [-0.2, 0) is 6.54 Å². The predicted octanol–water partition coefficient (Wildman–Crippen LogP) is 2.41. The lowest BCUT2D eigenvalue weighted by Gasteiger charge is -2.59. The maximum absolute atomic E-state index is 11.0. The van der Waals surface area contributed by atoms with Gasteiger partial charge in [0.05, 0.1) is 5.56 Å². The number of carboxylic acid groups (broad SMARTS) is 1. The van der Waals surface area contributed by atoms with Crippen molar-refractivity contribution in [2.45, 2.75) is 51.2 Å². The molecule has 2 aliphatic carbocycles. The molecule has 4 rings (SSSR count). The molecule has 2 saturated carbocycles. The first-order valence-corrected chi connectivity index (χ1v) is 8.34. The van der Waals surface area contributed by atoms with Crippen molar-refractivity contribution in [1.82, 2.24) is 10.2 Å². The van der Waals surface area contributed by atoms with Crippen LogP contribution in [-0.4, -0.2) is 41.1 Å². The fourth-order valence-corrected chi connectivity index (χ4v) is 4.21. The van der Waals surface area contributed by atoms with Crippen LogP contribution in [0.3, 0.4) is 0 Å². The molecule has 3 aliphatic rings. The molecule has 1 aliphatic heterocycles. The van der Waals surface area contributed by atoms with Gasteiger partial charge in [-0.25, -0.2) is 4.79 Å². The molecular weight excluding hydrogens is 276 g/mol. The van der Waals surface area contributed by atoms with E-state index in [9.17, 15) is 4.79 Å². The van der Waals surface area contributed by atoms with E-state index in [2.05, 4.69) is 10.2 Å². The highest BCUT2D eigenvalue weighted by Crippen LogP contribution is 2.49. The van der Waals surface area contributed by atoms with Gasteiger partial charge in [-0.05, 0) is 61.3 Å². The summed E-state index contributed by atoms with van der Waals surface area (Å²) in [5.74, 6) is -0.846. The molecule has 0 atom stereocenters. The number of benzene rings is 1. The molecule has 0 bridgehead atoms. The fraction of sp³-hybridized carbons (Fsp3) is 0.611. The van der Waals surface area contributed by atoms with Crippen molar-refractivity contribution in [1.29, 1.82) is 0 Å². The Morgan fingerprint density at radius 3 is 2.64 bits per heavy atom. The molecule has 4 heteroatoms. The van der Waals surface area contributed by atoms with Gasteiger partial charge in [-0.2, -0.15) is 0 Å². The van der Waals surface area contributed by atoms with Crippen molar-refractivity contribution in [3.8, 4) is 0 Å². The van der Waals surface area contributed by atoms with E-state index in [0.29, 0.717) is 11.0 Å². The number of hydrogen-bond donors (Lipinski definition) is 2. The minimum absolute atomic E-state index is 0.384. The number of rotatable bonds is 5. The maximum Gasteiger partial charge on any atom is 0.335 e. The summed E-state index contributed by atoms with van der Waals surface area (Å²) in [7, 11) is 0. The van der Waals surface area contributed by atoms with E-state index in [1.807, 2.05) is 13.0 Å². The molecule has 4 nitrogen and oxygen atoms in total. The van der Waals surface area contributed by atoms with E-state index < -0.39 is 5.97 Å². The molecule has 1 aromatic carbocycles. The summed E-state index contributed by atoms with van der Waals surface area (Å²) in [5.41, 5.74) is 3.31. The lowest BCUT2D eigenvalue weighted by molar-refractivity contribution is -0.0833. The fourth-order valence-electron chi connectivity index (χ4n) is 4.21. The second-order valence-electron chi connectivity index (χ2n) is 7.64. The number of nitrogens with one attached hydrogen (secondary N) is 1. The maximum atomic E-state index is 11.0. The van der Waals surface area contributed by atoms with Gasteiger partial charge in [0.25, 0.3) is 0 Å². The Labute approximate surface area is 131 Å². The Morgan fingerprint density at radius 2 is 2.05 bits per heavy atom. The van der Waals surface area contributed by atoms with Crippen LogP contribution < -0.4 is 5.32 Å². The highest BCUT2D eigenvalue weighted by molar-refractivity contribution is 5.87. The molecule has 0 amide bonds. The van der Waals surface area contributed by atoms with Gasteiger partial charge in [-0.15, -0.1) is 0 Å². The third-order valence-corrected chi connectivity index (χ3v) is 5.51. The van der Waals surface area contributed by atoms with Gasteiger partial charge in [0.2, 0.25) is 0 Å². The van der Waals surface area contributed by atoms with Gasteiger partial charge in [0, 0.05) is 31.7 Å². The third kappa shape index (κ3) is 2.66. The van der Waals surface area contributed by atoms with Crippen molar-refractivity contribution in [3.05, 3.63) is 34.9 Å². The second-order valence-corrected chi connectivity index (χ2v) is 7.64. The van der Waals surface area contributed by atoms with E-state index in [0.717, 1.165) is 24.2 Å². The zero-order valence-corrected chi connectivity index (χ0v) is 13.1.